The Morgan fingerprint density at radius 2 is 1.97 bits per heavy atom. The van der Waals surface area contributed by atoms with Crippen molar-refractivity contribution in [2.75, 3.05) is 6.79 Å². The highest BCUT2D eigenvalue weighted by atomic mass is 35.5. The number of pyridine rings is 1. The first-order valence-corrected chi connectivity index (χ1v) is 10.6. The van der Waals surface area contributed by atoms with Gasteiger partial charge in [0.05, 0.1) is 10.6 Å². The number of aromatic nitrogens is 1. The molecule has 3 rings (SSSR count). The van der Waals surface area contributed by atoms with Crippen molar-refractivity contribution in [2.45, 2.75) is 43.5 Å². The molecule has 1 aliphatic heterocycles. The predicted molar refractivity (Wildman–Crippen MR) is 107 cm³/mol. The van der Waals surface area contributed by atoms with E-state index in [1.54, 1.807) is 19.9 Å². The molecule has 0 atom stereocenters. The molecule has 1 aromatic heterocycles. The van der Waals surface area contributed by atoms with Crippen molar-refractivity contribution < 1.29 is 41.3 Å². The van der Waals surface area contributed by atoms with Gasteiger partial charge >= 0.3 is 12.1 Å². The molecule has 0 saturated heterocycles. The van der Waals surface area contributed by atoms with Crippen LogP contribution in [0.25, 0.3) is 0 Å². The van der Waals surface area contributed by atoms with E-state index in [0.717, 1.165) is 0 Å². The van der Waals surface area contributed by atoms with E-state index in [0.29, 0.717) is 23.1 Å². The lowest BCUT2D eigenvalue weighted by atomic mass is 9.96. The van der Waals surface area contributed by atoms with Gasteiger partial charge in [0.1, 0.15) is 5.69 Å². The average Bonchev–Trinajstić information content (AvgIpc) is 3.15. The second kappa shape index (κ2) is 9.30. The molecule has 0 bridgehead atoms. The molecule has 0 amide bonds. The Balaban J connectivity index is 2.16. The molecule has 1 aromatic carbocycles. The highest BCUT2D eigenvalue weighted by molar-refractivity contribution is 7.98. The zero-order valence-corrected chi connectivity index (χ0v) is 18.3. The summed E-state index contributed by atoms with van der Waals surface area (Å²) in [4.78, 5) is 14.3. The molecular weight excluding hydrogens is 481 g/mol. The van der Waals surface area contributed by atoms with E-state index < -0.39 is 40.4 Å². The van der Waals surface area contributed by atoms with Crippen LogP contribution >= 0.6 is 23.4 Å². The van der Waals surface area contributed by atoms with Crippen molar-refractivity contribution in [2.24, 2.45) is 5.92 Å². The first-order valence-electron chi connectivity index (χ1n) is 9.27. The summed E-state index contributed by atoms with van der Waals surface area (Å²) in [6, 6.07) is 3.09. The number of hydrogen-bond acceptors (Lipinski definition) is 5. The van der Waals surface area contributed by atoms with Gasteiger partial charge < -0.3 is 14.6 Å². The van der Waals surface area contributed by atoms with Crippen molar-refractivity contribution in [3.8, 4) is 11.5 Å². The van der Waals surface area contributed by atoms with Crippen LogP contribution in [0, 0.1) is 5.92 Å². The largest absolute Gasteiger partial charge is 0.478 e. The van der Waals surface area contributed by atoms with Crippen LogP contribution in [0.4, 0.5) is 22.0 Å². The van der Waals surface area contributed by atoms with Crippen LogP contribution in [0.15, 0.2) is 17.0 Å². The van der Waals surface area contributed by atoms with E-state index >= 15 is 0 Å². The highest BCUT2D eigenvalue weighted by Gasteiger charge is 2.40. The third-order valence-electron chi connectivity index (χ3n) is 4.51. The van der Waals surface area contributed by atoms with Crippen molar-refractivity contribution in [1.29, 1.82) is 0 Å². The number of fused-ring (bicyclic) bond motifs is 1. The molecule has 1 N–H and O–H groups in total. The van der Waals surface area contributed by atoms with Crippen LogP contribution < -0.4 is 9.47 Å². The molecule has 0 aliphatic carbocycles. The molecule has 2 heterocycles. The minimum Gasteiger partial charge on any atom is -0.478 e. The minimum atomic E-state index is -5.08. The third-order valence-corrected chi connectivity index (χ3v) is 6.11. The number of carbonyl (C=O) groups is 1. The zero-order valence-electron chi connectivity index (χ0n) is 16.7. The Bertz CT molecular complexity index is 1050. The Labute approximate surface area is 188 Å². The summed E-state index contributed by atoms with van der Waals surface area (Å²) < 4.78 is 78.8. The fraction of sp³-hybridized carbons (Fsp3) is 0.400. The molecule has 1 aliphatic rings. The highest BCUT2D eigenvalue weighted by Crippen LogP contribution is 2.46. The fourth-order valence-electron chi connectivity index (χ4n) is 3.23. The van der Waals surface area contributed by atoms with Crippen LogP contribution in [0.3, 0.4) is 0 Å². The standard InChI is InChI=1S/C20H17ClF5NO4S/c1-8(2)5-10-12(19(28)29)14(18(22)23)27-17(20(24,25)26)16(10)32-6-9-3-4-11-15(13(9)21)31-7-30-11/h3-4,8,18H,5-7H2,1-2H3,(H,28,29). The number of thioether (sulfide) groups is 1. The number of carboxylic acid groups (broad SMARTS) is 1. The topological polar surface area (TPSA) is 68.7 Å². The van der Waals surface area contributed by atoms with Gasteiger partial charge in [-0.2, -0.15) is 13.2 Å². The second-order valence-electron chi connectivity index (χ2n) is 7.29. The number of halogens is 6. The smallest absolute Gasteiger partial charge is 0.434 e. The summed E-state index contributed by atoms with van der Waals surface area (Å²) in [6.45, 7) is 3.23. The summed E-state index contributed by atoms with van der Waals surface area (Å²) in [5, 5.41) is 9.69. The van der Waals surface area contributed by atoms with Crippen molar-refractivity contribution in [1.82, 2.24) is 4.98 Å². The number of alkyl halides is 5. The molecule has 5 nitrogen and oxygen atoms in total. The van der Waals surface area contributed by atoms with Gasteiger partial charge in [-0.25, -0.2) is 18.6 Å². The lowest BCUT2D eigenvalue weighted by Crippen LogP contribution is -2.20. The van der Waals surface area contributed by atoms with Gasteiger partial charge in [-0.05, 0) is 29.5 Å². The number of rotatable bonds is 7. The number of carboxylic acids is 1. The van der Waals surface area contributed by atoms with E-state index in [1.165, 1.54) is 6.07 Å². The molecule has 2 aromatic rings. The molecule has 0 radical (unpaired) electrons. The van der Waals surface area contributed by atoms with E-state index in [9.17, 15) is 31.9 Å². The number of benzene rings is 1. The van der Waals surface area contributed by atoms with Crippen LogP contribution in [0.1, 0.15) is 53.1 Å². The molecule has 0 saturated carbocycles. The molecular formula is C20H17ClF5NO4S. The number of aromatic carboxylic acids is 1. The molecule has 0 fully saturated rings. The molecule has 174 valence electrons. The first kappa shape index (κ1) is 24.4. The van der Waals surface area contributed by atoms with Crippen LogP contribution in [-0.4, -0.2) is 22.9 Å². The first-order chi connectivity index (χ1) is 14.9. The summed E-state index contributed by atoms with van der Waals surface area (Å²) in [7, 11) is 0. The summed E-state index contributed by atoms with van der Waals surface area (Å²) >= 11 is 6.91. The van der Waals surface area contributed by atoms with E-state index in [1.807, 2.05) is 0 Å². The fourth-order valence-corrected chi connectivity index (χ4v) is 4.78. The van der Waals surface area contributed by atoms with E-state index in [2.05, 4.69) is 4.98 Å². The van der Waals surface area contributed by atoms with Gasteiger partial charge in [0.25, 0.3) is 6.43 Å². The Morgan fingerprint density at radius 1 is 1.28 bits per heavy atom. The van der Waals surface area contributed by atoms with Crippen LogP contribution in [0.5, 0.6) is 11.5 Å². The molecule has 32 heavy (non-hydrogen) atoms. The maximum atomic E-state index is 13.8. The number of nitrogens with zero attached hydrogens (tertiary/aromatic N) is 1. The Kier molecular flexibility index (Phi) is 7.09. The number of ether oxygens (including phenoxy) is 2. The van der Waals surface area contributed by atoms with Gasteiger partial charge in [0, 0.05) is 10.6 Å². The van der Waals surface area contributed by atoms with Gasteiger partial charge in [-0.3, -0.25) is 0 Å². The maximum Gasteiger partial charge on any atom is 0.434 e. The molecule has 0 unspecified atom stereocenters. The van der Waals surface area contributed by atoms with E-state index in [4.69, 9.17) is 21.1 Å². The van der Waals surface area contributed by atoms with Crippen LogP contribution in [-0.2, 0) is 18.3 Å². The quantitative estimate of drug-likeness (QED) is 0.343. The normalized spacial score (nSPS) is 13.3. The second-order valence-corrected chi connectivity index (χ2v) is 8.65. The van der Waals surface area contributed by atoms with Gasteiger partial charge in [-0.1, -0.05) is 31.5 Å². The SMILES string of the molecule is CC(C)Cc1c(SCc2ccc3c(c2Cl)OCO3)c(C(F)(F)F)nc(C(F)F)c1C(=O)O. The molecule has 12 heteroatoms. The summed E-state index contributed by atoms with van der Waals surface area (Å²) in [5.74, 6) is -1.55. The summed E-state index contributed by atoms with van der Waals surface area (Å²) in [5.41, 5.74) is -3.77. The average molecular weight is 498 g/mol. The van der Waals surface area contributed by atoms with Gasteiger partial charge in [0.2, 0.25) is 6.79 Å². The van der Waals surface area contributed by atoms with Gasteiger partial charge in [0.15, 0.2) is 17.2 Å². The third kappa shape index (κ3) is 4.88. The lowest BCUT2D eigenvalue weighted by Gasteiger charge is -2.21. The monoisotopic (exact) mass is 497 g/mol. The summed E-state index contributed by atoms with van der Waals surface area (Å²) in [6.07, 6.45) is -8.73. The number of hydrogen-bond donors (Lipinski definition) is 1. The predicted octanol–water partition coefficient (Wildman–Crippen LogP) is 6.61. The Hall–Kier alpha value is -2.27. The van der Waals surface area contributed by atoms with Crippen molar-refractivity contribution >= 4 is 29.3 Å². The van der Waals surface area contributed by atoms with Crippen LogP contribution in [0.2, 0.25) is 5.02 Å². The maximum absolute atomic E-state index is 13.8. The van der Waals surface area contributed by atoms with Gasteiger partial charge in [-0.15, -0.1) is 11.8 Å². The zero-order chi connectivity index (χ0) is 23.8. The van der Waals surface area contributed by atoms with E-state index in [-0.39, 0.29) is 41.2 Å². The molecule has 0 spiro atoms. The van der Waals surface area contributed by atoms with Crippen molar-refractivity contribution in [3.05, 3.63) is 45.2 Å². The minimum absolute atomic E-state index is 0.0522. The van der Waals surface area contributed by atoms with Crippen molar-refractivity contribution in [3.63, 3.8) is 0 Å². The Morgan fingerprint density at radius 3 is 2.53 bits per heavy atom. The lowest BCUT2D eigenvalue weighted by molar-refractivity contribution is -0.143.